The normalized spacial score (nSPS) is 38.3. The minimum absolute atomic E-state index is 0.0574. The predicted molar refractivity (Wildman–Crippen MR) is 150 cm³/mol. The number of aliphatic hydroxyl groups is 1. The van der Waals surface area contributed by atoms with E-state index in [1.807, 2.05) is 0 Å². The Kier molecular flexibility index (Phi) is 7.45. The Morgan fingerprint density at radius 1 is 0.886 bits per heavy atom. The number of hydrogen-bond donors (Lipinski definition) is 4. The second-order valence-corrected chi connectivity index (χ2v) is 14.3. The molecule has 0 spiro atoms. The second kappa shape index (κ2) is 11.0. The molecular weight excluding hydrogens is 648 g/mol. The van der Waals surface area contributed by atoms with Crippen LogP contribution < -0.4 is 11.5 Å². The smallest absolute Gasteiger partial charge is 0.325 e. The zero-order chi connectivity index (χ0) is 31.0. The molecule has 4 aromatic heterocycles. The minimum Gasteiger partial charge on any atom is -0.444 e. The van der Waals surface area contributed by atoms with Crippen LogP contribution in [-0.2, 0) is 43.9 Å². The number of aromatic nitrogens is 8. The predicted octanol–water partition coefficient (Wildman–Crippen LogP) is -0.365. The van der Waals surface area contributed by atoms with Gasteiger partial charge in [-0.1, -0.05) is 0 Å². The Bertz CT molecular complexity index is 1710. The third kappa shape index (κ3) is 5.19. The molecule has 0 aromatic carbocycles. The summed E-state index contributed by atoms with van der Waals surface area (Å²) in [7, 11) is 1.33. The molecule has 6 N–H and O–H groups in total. The number of nitrogens with zero attached hydrogens (tertiary/aromatic N) is 8. The lowest BCUT2D eigenvalue weighted by molar-refractivity contribution is -0.0572. The Morgan fingerprint density at radius 3 is 2.07 bits per heavy atom. The topological polar surface area (TPSA) is 252 Å². The van der Waals surface area contributed by atoms with Crippen molar-refractivity contribution >= 4 is 67.5 Å². The number of nitrogens with two attached hydrogens (primary N) is 2. The molecule has 7 heterocycles. The highest BCUT2D eigenvalue weighted by Crippen LogP contribution is 2.54. The first-order valence-corrected chi connectivity index (χ1v) is 17.0. The molecule has 3 unspecified atom stereocenters. The van der Waals surface area contributed by atoms with E-state index in [-0.39, 0.29) is 34.0 Å². The van der Waals surface area contributed by atoms with Crippen molar-refractivity contribution in [1.29, 1.82) is 0 Å². The maximum absolute atomic E-state index is 16.0. The van der Waals surface area contributed by atoms with Crippen LogP contribution in [0.4, 0.5) is 16.0 Å². The summed E-state index contributed by atoms with van der Waals surface area (Å²) in [4.78, 5) is 35.2. The molecule has 0 amide bonds. The number of anilines is 2. The maximum Gasteiger partial charge on any atom is 0.325 e. The Morgan fingerprint density at radius 2 is 1.43 bits per heavy atom. The number of nitrogen functional groups attached to an aromatic ring is 2. The van der Waals surface area contributed by atoms with Crippen LogP contribution >= 0.6 is 14.2 Å². The molecule has 3 aliphatic heterocycles. The Balaban J connectivity index is 1.17. The van der Waals surface area contributed by atoms with Gasteiger partial charge in [-0.25, -0.2) is 34.3 Å². The van der Waals surface area contributed by atoms with Gasteiger partial charge in [0.05, 0.1) is 33.3 Å². The van der Waals surface area contributed by atoms with Gasteiger partial charge in [-0.05, 0) is 11.8 Å². The van der Waals surface area contributed by atoms with Gasteiger partial charge in [0.1, 0.15) is 54.2 Å². The van der Waals surface area contributed by atoms with E-state index < -0.39 is 76.6 Å². The van der Waals surface area contributed by atoms with E-state index in [1.54, 1.807) is 0 Å². The molecule has 3 saturated heterocycles. The molecule has 44 heavy (non-hydrogen) atoms. The van der Waals surface area contributed by atoms with Crippen molar-refractivity contribution in [3.8, 4) is 0 Å². The van der Waals surface area contributed by atoms with Crippen LogP contribution in [0.15, 0.2) is 25.3 Å². The van der Waals surface area contributed by atoms with Crippen molar-refractivity contribution in [1.82, 2.24) is 39.0 Å². The number of alkyl halides is 1. The molecule has 7 rings (SSSR count). The van der Waals surface area contributed by atoms with Crippen molar-refractivity contribution in [2.45, 2.75) is 49.1 Å². The summed E-state index contributed by atoms with van der Waals surface area (Å²) in [5.41, 5.74) is 12.5. The van der Waals surface area contributed by atoms with Crippen LogP contribution in [0.5, 0.6) is 0 Å². The molecule has 0 bridgehead atoms. The molecule has 0 saturated carbocycles. The lowest BCUT2D eigenvalue weighted by Gasteiger charge is -2.35. The van der Waals surface area contributed by atoms with Crippen LogP contribution in [-0.4, -0.2) is 107 Å². The zero-order valence-corrected chi connectivity index (χ0v) is 24.7. The number of fused-ring (bicyclic) bond motifs is 4. The summed E-state index contributed by atoms with van der Waals surface area (Å²) in [6.07, 6.45) is -6.88. The first-order chi connectivity index (χ1) is 20.9. The van der Waals surface area contributed by atoms with Crippen molar-refractivity contribution in [3.05, 3.63) is 25.3 Å². The van der Waals surface area contributed by atoms with Gasteiger partial charge >= 0.3 is 6.72 Å². The highest BCUT2D eigenvalue weighted by molar-refractivity contribution is 8.07. The first kappa shape index (κ1) is 29.9. The van der Waals surface area contributed by atoms with Gasteiger partial charge in [0.25, 0.3) is 0 Å². The van der Waals surface area contributed by atoms with Gasteiger partial charge in [0.15, 0.2) is 41.6 Å². The van der Waals surface area contributed by atoms with E-state index >= 15 is 4.39 Å². The number of halogens is 1. The lowest BCUT2D eigenvalue weighted by atomic mass is 10.1. The number of rotatable bonds is 2. The summed E-state index contributed by atoms with van der Waals surface area (Å²) < 4.78 is 65.6. The molecule has 3 aliphatic rings. The Hall–Kier alpha value is -2.75. The maximum atomic E-state index is 16.0. The number of hydrogen-bond acceptors (Lipinski definition) is 17. The molecule has 4 aromatic rings. The fourth-order valence-electron chi connectivity index (χ4n) is 5.23. The summed E-state index contributed by atoms with van der Waals surface area (Å²) >= 11 is 5.20. The van der Waals surface area contributed by atoms with Crippen LogP contribution in [0, 0.1) is 0 Å². The summed E-state index contributed by atoms with van der Waals surface area (Å²) in [6, 6.07) is 0. The molecular formula is C20H22BFN10O9P2S-. The van der Waals surface area contributed by atoms with Gasteiger partial charge in [-0.2, -0.15) is 0 Å². The molecule has 3 fully saturated rings. The standard InChI is InChI=1S/C20H22BFN10O9P2S/c21-42(34)36-1-8-14(12(33)20(39-8)32-6-30-11-16(24)26-4-28-18(11)32)41-43(35,44)37-2-7-13(40-42)9(22)19(38-7)31-5-29-10-15(23)25-3-27-17(10)31/h3-9,12-14,19-20,33H,1-2H2,(H,35,44)(H2,23,25,27)(H2,24,26,28)/q-1/t7-,8-,9+,12?,13?,14+,19-,20-,42-,43?/m1/s1. The van der Waals surface area contributed by atoms with Crippen molar-refractivity contribution in [3.63, 3.8) is 0 Å². The quantitative estimate of drug-likeness (QED) is 0.157. The molecule has 24 heteroatoms. The SMILES string of the molecule is [B-][P@@]1(=O)OC[C@H]2O[C@@H](n3cnc4c(N)ncnc43)C(O)[C@H]2OP(O)(=S)OC[C@H]2O[C@@H](n3cnc4c(N)ncnc43)[C@@H](F)C2O1. The van der Waals surface area contributed by atoms with E-state index in [0.717, 1.165) is 0 Å². The van der Waals surface area contributed by atoms with E-state index in [2.05, 4.69) is 29.9 Å². The van der Waals surface area contributed by atoms with Crippen molar-refractivity contribution in [2.75, 3.05) is 24.7 Å². The second-order valence-electron chi connectivity index (χ2n) is 9.97. The fraction of sp³-hybridized carbons (Fsp3) is 0.500. The van der Waals surface area contributed by atoms with E-state index in [4.69, 9.17) is 58.4 Å². The van der Waals surface area contributed by atoms with Crippen LogP contribution in [0.25, 0.3) is 22.3 Å². The number of ether oxygens (including phenoxy) is 2. The minimum atomic E-state index is -4.53. The van der Waals surface area contributed by atoms with Gasteiger partial charge in [0, 0.05) is 0 Å². The Labute approximate surface area is 252 Å². The van der Waals surface area contributed by atoms with E-state index in [1.165, 1.54) is 34.4 Å². The first-order valence-electron chi connectivity index (χ1n) is 12.8. The van der Waals surface area contributed by atoms with Crippen LogP contribution in [0.1, 0.15) is 12.5 Å². The highest BCUT2D eigenvalue weighted by atomic mass is 32.5. The van der Waals surface area contributed by atoms with Crippen LogP contribution in [0.2, 0.25) is 0 Å². The molecule has 10 atom stereocenters. The molecule has 233 valence electrons. The van der Waals surface area contributed by atoms with Crippen molar-refractivity contribution in [2.24, 2.45) is 0 Å². The molecule has 3 radical (unpaired) electrons. The number of aliphatic hydroxyl groups excluding tert-OH is 1. The lowest BCUT2D eigenvalue weighted by Crippen LogP contribution is -2.38. The summed E-state index contributed by atoms with van der Waals surface area (Å²) in [6.45, 7) is -5.38. The molecule has 0 aliphatic carbocycles. The molecule has 19 nitrogen and oxygen atoms in total. The van der Waals surface area contributed by atoms with Gasteiger partial charge < -0.3 is 56.6 Å². The summed E-state index contributed by atoms with van der Waals surface area (Å²) in [5.74, 6) is 0.148. The fourth-order valence-corrected chi connectivity index (χ4v) is 7.69. The zero-order valence-electron chi connectivity index (χ0n) is 22.1. The summed E-state index contributed by atoms with van der Waals surface area (Å²) in [5, 5.41) is 11.2. The van der Waals surface area contributed by atoms with E-state index in [0.29, 0.717) is 0 Å². The monoisotopic (exact) mass is 670 g/mol. The van der Waals surface area contributed by atoms with Gasteiger partial charge in [-0.3, -0.25) is 13.7 Å². The average Bonchev–Trinajstić information content (AvgIpc) is 3.73. The van der Waals surface area contributed by atoms with Gasteiger partial charge in [-0.15, -0.1) is 0 Å². The third-order valence-corrected chi connectivity index (χ3v) is 9.85. The third-order valence-electron chi connectivity index (χ3n) is 7.24. The van der Waals surface area contributed by atoms with E-state index in [9.17, 15) is 14.6 Å². The van der Waals surface area contributed by atoms with Gasteiger partial charge in [0.2, 0.25) is 0 Å². The van der Waals surface area contributed by atoms with Crippen LogP contribution in [0.3, 0.4) is 0 Å². The highest BCUT2D eigenvalue weighted by Gasteiger charge is 2.52. The number of imidazole rings is 2. The van der Waals surface area contributed by atoms with Crippen molar-refractivity contribution < 1.29 is 46.5 Å². The largest absolute Gasteiger partial charge is 0.444 e. The average molecular weight is 670 g/mol.